The zero-order chi connectivity index (χ0) is 28.0. The fourth-order valence-electron chi connectivity index (χ4n) is 4.13. The van der Waals surface area contributed by atoms with E-state index >= 15 is 0 Å². The Morgan fingerprint density at radius 2 is 1.62 bits per heavy atom. The first-order valence-corrected chi connectivity index (χ1v) is 13.0. The average molecular weight is 541 g/mol. The Labute approximate surface area is 229 Å². The Hall–Kier alpha value is -3.42. The molecule has 210 valence electrons. The lowest BCUT2D eigenvalue weighted by molar-refractivity contribution is -0.225. The standard InChI is InChI=1S/C30H36O9/c1-4-35-30(33)38-21(2)15-16-25(31)28-29(37-20-23-13-9-6-10-14-23)26(17-24(39-28)18-27(32)34-3)36-19-22-11-7-5-8-12-22/h5-14,21,24-26,28-29,31H,4,17-20H2,1-3H3/t21-,24+,25?,26+,28+,29-/m1/s1. The normalized spacial score (nSPS) is 22.1. The molecule has 1 saturated heterocycles. The molecule has 3 rings (SSSR count). The molecule has 1 N–H and O–H groups in total. The molecule has 9 nitrogen and oxygen atoms in total. The van der Waals surface area contributed by atoms with Gasteiger partial charge < -0.3 is 33.5 Å². The second-order valence-corrected chi connectivity index (χ2v) is 9.01. The van der Waals surface area contributed by atoms with Crippen LogP contribution in [-0.4, -0.2) is 67.6 Å². The van der Waals surface area contributed by atoms with Gasteiger partial charge in [0.2, 0.25) is 0 Å². The van der Waals surface area contributed by atoms with E-state index in [1.807, 2.05) is 60.7 Å². The van der Waals surface area contributed by atoms with Crippen LogP contribution in [0.5, 0.6) is 0 Å². The van der Waals surface area contributed by atoms with Crippen LogP contribution in [0, 0.1) is 11.8 Å². The molecule has 0 aliphatic carbocycles. The number of hydrogen-bond acceptors (Lipinski definition) is 9. The van der Waals surface area contributed by atoms with Gasteiger partial charge in [0.05, 0.1) is 45.6 Å². The molecule has 39 heavy (non-hydrogen) atoms. The highest BCUT2D eigenvalue weighted by Crippen LogP contribution is 2.30. The van der Waals surface area contributed by atoms with Crippen molar-refractivity contribution in [2.24, 2.45) is 0 Å². The molecule has 0 aromatic heterocycles. The second-order valence-electron chi connectivity index (χ2n) is 9.01. The van der Waals surface area contributed by atoms with Crippen molar-refractivity contribution in [3.63, 3.8) is 0 Å². The Balaban J connectivity index is 1.83. The number of esters is 1. The lowest BCUT2D eigenvalue weighted by Gasteiger charge is -2.42. The number of carbonyl (C=O) groups excluding carboxylic acids is 2. The number of ether oxygens (including phenoxy) is 6. The third-order valence-electron chi connectivity index (χ3n) is 6.03. The van der Waals surface area contributed by atoms with Crippen LogP contribution in [0.3, 0.4) is 0 Å². The molecule has 0 saturated carbocycles. The van der Waals surface area contributed by atoms with Crippen molar-refractivity contribution in [2.75, 3.05) is 13.7 Å². The highest BCUT2D eigenvalue weighted by atomic mass is 16.7. The van der Waals surface area contributed by atoms with E-state index in [2.05, 4.69) is 11.8 Å². The van der Waals surface area contributed by atoms with E-state index < -0.39 is 48.7 Å². The van der Waals surface area contributed by atoms with Crippen LogP contribution in [0.25, 0.3) is 0 Å². The van der Waals surface area contributed by atoms with Gasteiger partial charge in [0.15, 0.2) is 6.10 Å². The fourth-order valence-corrected chi connectivity index (χ4v) is 4.13. The largest absolute Gasteiger partial charge is 0.509 e. The van der Waals surface area contributed by atoms with Crippen molar-refractivity contribution in [3.8, 4) is 11.8 Å². The molecule has 6 atom stereocenters. The smallest absolute Gasteiger partial charge is 0.469 e. The molecule has 1 fully saturated rings. The second kappa shape index (κ2) is 15.9. The summed E-state index contributed by atoms with van der Waals surface area (Å²) in [4.78, 5) is 23.7. The summed E-state index contributed by atoms with van der Waals surface area (Å²) >= 11 is 0. The van der Waals surface area contributed by atoms with E-state index in [1.165, 1.54) is 7.11 Å². The maximum absolute atomic E-state index is 12.1. The maximum atomic E-state index is 12.1. The fraction of sp³-hybridized carbons (Fsp3) is 0.467. The van der Waals surface area contributed by atoms with Gasteiger partial charge in [0.25, 0.3) is 0 Å². The number of rotatable bonds is 11. The topological polar surface area (TPSA) is 110 Å². The number of hydrogen-bond donors (Lipinski definition) is 1. The molecular formula is C30H36O9. The molecule has 9 heteroatoms. The van der Waals surface area contributed by atoms with Crippen molar-refractivity contribution in [1.82, 2.24) is 0 Å². The third-order valence-corrected chi connectivity index (χ3v) is 6.03. The summed E-state index contributed by atoms with van der Waals surface area (Å²) in [7, 11) is 1.31. The molecule has 2 aromatic rings. The molecule has 1 aliphatic rings. The third kappa shape index (κ3) is 10.0. The Kier molecular flexibility index (Phi) is 12.3. The van der Waals surface area contributed by atoms with Crippen LogP contribution in [0.1, 0.15) is 37.8 Å². The van der Waals surface area contributed by atoms with Crippen molar-refractivity contribution in [1.29, 1.82) is 0 Å². The first-order valence-electron chi connectivity index (χ1n) is 13.0. The van der Waals surface area contributed by atoms with Crippen molar-refractivity contribution in [3.05, 3.63) is 71.8 Å². The maximum Gasteiger partial charge on any atom is 0.509 e. The van der Waals surface area contributed by atoms with Crippen LogP contribution in [0.2, 0.25) is 0 Å². The van der Waals surface area contributed by atoms with E-state index in [-0.39, 0.29) is 19.6 Å². The zero-order valence-corrected chi connectivity index (χ0v) is 22.5. The predicted molar refractivity (Wildman–Crippen MR) is 141 cm³/mol. The predicted octanol–water partition coefficient (Wildman–Crippen LogP) is 3.80. The van der Waals surface area contributed by atoms with Gasteiger partial charge in [-0.25, -0.2) is 4.79 Å². The summed E-state index contributed by atoms with van der Waals surface area (Å²) in [5.41, 5.74) is 1.91. The van der Waals surface area contributed by atoms with Crippen LogP contribution in [0.4, 0.5) is 4.79 Å². The van der Waals surface area contributed by atoms with Gasteiger partial charge in [-0.1, -0.05) is 72.5 Å². The summed E-state index contributed by atoms with van der Waals surface area (Å²) < 4.78 is 33.4. The van der Waals surface area contributed by atoms with E-state index in [0.29, 0.717) is 13.0 Å². The first kappa shape index (κ1) is 30.1. The number of aliphatic hydroxyl groups is 1. The lowest BCUT2D eigenvalue weighted by Crippen LogP contribution is -2.55. The number of benzene rings is 2. The van der Waals surface area contributed by atoms with Gasteiger partial charge in [-0.3, -0.25) is 4.79 Å². The zero-order valence-electron chi connectivity index (χ0n) is 22.5. The van der Waals surface area contributed by atoms with E-state index in [4.69, 9.17) is 28.4 Å². The molecule has 0 bridgehead atoms. The molecule has 1 aliphatic heterocycles. The van der Waals surface area contributed by atoms with Gasteiger partial charge in [0.1, 0.15) is 18.3 Å². The summed E-state index contributed by atoms with van der Waals surface area (Å²) in [5, 5.41) is 11.1. The average Bonchev–Trinajstić information content (AvgIpc) is 2.95. The minimum Gasteiger partial charge on any atom is -0.469 e. The van der Waals surface area contributed by atoms with E-state index in [1.54, 1.807) is 13.8 Å². The molecule has 0 spiro atoms. The van der Waals surface area contributed by atoms with Gasteiger partial charge in [-0.2, -0.15) is 0 Å². The summed E-state index contributed by atoms with van der Waals surface area (Å²) in [6.07, 6.45) is -5.47. The number of carbonyl (C=O) groups is 2. The van der Waals surface area contributed by atoms with Crippen LogP contribution < -0.4 is 0 Å². The Morgan fingerprint density at radius 1 is 1.00 bits per heavy atom. The highest BCUT2D eigenvalue weighted by Gasteiger charge is 2.44. The number of methoxy groups -OCH3 is 1. The minimum absolute atomic E-state index is 0.0217. The summed E-state index contributed by atoms with van der Waals surface area (Å²) in [6.45, 7) is 3.96. The minimum atomic E-state index is -1.33. The monoisotopic (exact) mass is 540 g/mol. The quantitative estimate of drug-likeness (QED) is 0.336. The molecule has 1 unspecified atom stereocenters. The summed E-state index contributed by atoms with van der Waals surface area (Å²) in [6, 6.07) is 19.3. The Morgan fingerprint density at radius 3 is 2.21 bits per heavy atom. The molecule has 1 heterocycles. The van der Waals surface area contributed by atoms with Crippen LogP contribution in [0.15, 0.2) is 60.7 Å². The number of aliphatic hydroxyl groups excluding tert-OH is 1. The first-order chi connectivity index (χ1) is 18.9. The van der Waals surface area contributed by atoms with Crippen molar-refractivity contribution in [2.45, 2.75) is 76.5 Å². The van der Waals surface area contributed by atoms with Crippen LogP contribution >= 0.6 is 0 Å². The van der Waals surface area contributed by atoms with E-state index in [0.717, 1.165) is 11.1 Å². The molecule has 0 amide bonds. The van der Waals surface area contributed by atoms with E-state index in [9.17, 15) is 14.7 Å². The lowest BCUT2D eigenvalue weighted by atomic mass is 9.92. The van der Waals surface area contributed by atoms with Gasteiger partial charge >= 0.3 is 12.1 Å². The molecular weight excluding hydrogens is 504 g/mol. The summed E-state index contributed by atoms with van der Waals surface area (Å²) in [5.74, 6) is 4.97. The van der Waals surface area contributed by atoms with Crippen molar-refractivity contribution < 1.29 is 43.1 Å². The van der Waals surface area contributed by atoms with Crippen molar-refractivity contribution >= 4 is 12.1 Å². The molecule has 2 aromatic carbocycles. The SMILES string of the molecule is CCOC(=O)O[C@H](C)C#CC(O)[C@@H]1O[C@H](CC(=O)OC)C[C@H](OCc2ccccc2)[C@H]1OCc1ccccc1. The van der Waals surface area contributed by atoms with Crippen LogP contribution in [-0.2, 0) is 46.4 Å². The van der Waals surface area contributed by atoms with Gasteiger partial charge in [-0.05, 0) is 25.0 Å². The highest BCUT2D eigenvalue weighted by molar-refractivity contribution is 5.69. The molecule has 0 radical (unpaired) electrons. The Bertz CT molecular complexity index is 1080. The van der Waals surface area contributed by atoms with Gasteiger partial charge in [0, 0.05) is 6.42 Å². The van der Waals surface area contributed by atoms with Gasteiger partial charge in [-0.15, -0.1) is 0 Å².